The molecule has 1 aromatic heterocycles. The highest BCUT2D eigenvalue weighted by Crippen LogP contribution is 2.15. The van der Waals surface area contributed by atoms with Crippen molar-refractivity contribution in [2.45, 2.75) is 32.9 Å². The van der Waals surface area contributed by atoms with Gasteiger partial charge in [-0.3, -0.25) is 4.98 Å². The van der Waals surface area contributed by atoms with Gasteiger partial charge in [-0.25, -0.2) is 0 Å². The summed E-state index contributed by atoms with van der Waals surface area (Å²) >= 11 is 0. The van der Waals surface area contributed by atoms with Crippen molar-refractivity contribution in [3.05, 3.63) is 24.0 Å². The van der Waals surface area contributed by atoms with Gasteiger partial charge in [-0.1, -0.05) is 6.92 Å². The van der Waals surface area contributed by atoms with Gasteiger partial charge in [0.15, 0.2) is 0 Å². The molecule has 0 bridgehead atoms. The third-order valence-electron chi connectivity index (χ3n) is 2.45. The maximum atomic E-state index is 5.64. The number of nitrogens with one attached hydrogen (secondary N) is 1. The van der Waals surface area contributed by atoms with Gasteiger partial charge in [0.05, 0.1) is 18.5 Å². The molecule has 0 aliphatic rings. The largest absolute Gasteiger partial charge is 0.487 e. The minimum Gasteiger partial charge on any atom is -0.487 e. The Morgan fingerprint density at radius 3 is 2.65 bits per heavy atom. The molecule has 96 valence electrons. The summed E-state index contributed by atoms with van der Waals surface area (Å²) in [6.45, 7) is 7.67. The number of rotatable bonds is 7. The molecule has 0 spiro atoms. The van der Waals surface area contributed by atoms with Gasteiger partial charge in [0.25, 0.3) is 0 Å². The van der Waals surface area contributed by atoms with Gasteiger partial charge in [-0.15, -0.1) is 0 Å². The minimum absolute atomic E-state index is 0.0406. The van der Waals surface area contributed by atoms with Gasteiger partial charge in [-0.05, 0) is 32.5 Å². The lowest BCUT2D eigenvalue weighted by Crippen LogP contribution is -2.19. The fourth-order valence-corrected chi connectivity index (χ4v) is 1.63. The number of pyridine rings is 1. The Kier molecular flexibility index (Phi) is 5.94. The van der Waals surface area contributed by atoms with E-state index in [1.54, 1.807) is 13.3 Å². The zero-order chi connectivity index (χ0) is 12.7. The average Bonchev–Trinajstić information content (AvgIpc) is 2.30. The highest BCUT2D eigenvalue weighted by Gasteiger charge is 2.07. The van der Waals surface area contributed by atoms with E-state index in [9.17, 15) is 0 Å². The third-order valence-corrected chi connectivity index (χ3v) is 2.45. The van der Waals surface area contributed by atoms with Crippen molar-refractivity contribution in [1.29, 1.82) is 0 Å². The Morgan fingerprint density at radius 1 is 1.35 bits per heavy atom. The first-order chi connectivity index (χ1) is 8.17. The molecule has 0 amide bonds. The lowest BCUT2D eigenvalue weighted by molar-refractivity contribution is 0.0918. The first-order valence-corrected chi connectivity index (χ1v) is 6.02. The quantitative estimate of drug-likeness (QED) is 0.790. The molecule has 0 radical (unpaired) electrons. The predicted octanol–water partition coefficient (Wildman–Crippen LogP) is 2.17. The van der Waals surface area contributed by atoms with Crippen LogP contribution in [-0.2, 0) is 4.74 Å². The number of ether oxygens (including phenoxy) is 2. The van der Waals surface area contributed by atoms with Crippen LogP contribution in [0.5, 0.6) is 5.75 Å². The van der Waals surface area contributed by atoms with E-state index in [2.05, 4.69) is 24.1 Å². The van der Waals surface area contributed by atoms with E-state index in [1.807, 2.05) is 19.1 Å². The molecule has 0 fully saturated rings. The van der Waals surface area contributed by atoms with Crippen LogP contribution in [0.2, 0.25) is 0 Å². The Labute approximate surface area is 103 Å². The Morgan fingerprint density at radius 2 is 2.12 bits per heavy atom. The highest BCUT2D eigenvalue weighted by atomic mass is 16.5. The van der Waals surface area contributed by atoms with Crippen molar-refractivity contribution >= 4 is 0 Å². The maximum Gasteiger partial charge on any atom is 0.138 e. The summed E-state index contributed by atoms with van der Waals surface area (Å²) in [7, 11) is 1.67. The van der Waals surface area contributed by atoms with Crippen LogP contribution in [0, 0.1) is 0 Å². The van der Waals surface area contributed by atoms with Crippen molar-refractivity contribution in [1.82, 2.24) is 10.3 Å². The summed E-state index contributed by atoms with van der Waals surface area (Å²) in [6, 6.07) is 4.20. The fourth-order valence-electron chi connectivity index (χ4n) is 1.63. The molecule has 2 unspecified atom stereocenters. The SMILES string of the molecule is CCNC(C)c1ccc(OC(C)COC)cn1. The molecular weight excluding hydrogens is 216 g/mol. The number of nitrogens with zero attached hydrogens (tertiary/aromatic N) is 1. The number of hydrogen-bond acceptors (Lipinski definition) is 4. The van der Waals surface area contributed by atoms with Gasteiger partial charge in [0.1, 0.15) is 11.9 Å². The van der Waals surface area contributed by atoms with E-state index < -0.39 is 0 Å². The van der Waals surface area contributed by atoms with Crippen molar-refractivity contribution in [3.63, 3.8) is 0 Å². The standard InChI is InChI=1S/C13H22N2O2/c1-5-14-11(3)13-7-6-12(8-15-13)17-10(2)9-16-4/h6-8,10-11,14H,5,9H2,1-4H3. The van der Waals surface area contributed by atoms with E-state index in [0.717, 1.165) is 18.0 Å². The zero-order valence-corrected chi connectivity index (χ0v) is 11.1. The Bertz CT molecular complexity index is 314. The predicted molar refractivity (Wildman–Crippen MR) is 68.3 cm³/mol. The van der Waals surface area contributed by atoms with Gasteiger partial charge in [0, 0.05) is 13.2 Å². The van der Waals surface area contributed by atoms with Crippen LogP contribution in [0.1, 0.15) is 32.5 Å². The number of methoxy groups -OCH3 is 1. The molecule has 1 N–H and O–H groups in total. The van der Waals surface area contributed by atoms with Gasteiger partial charge in [0.2, 0.25) is 0 Å². The van der Waals surface area contributed by atoms with Crippen LogP contribution in [0.25, 0.3) is 0 Å². The first-order valence-electron chi connectivity index (χ1n) is 6.02. The lowest BCUT2D eigenvalue weighted by atomic mass is 10.2. The van der Waals surface area contributed by atoms with Gasteiger partial charge in [-0.2, -0.15) is 0 Å². The lowest BCUT2D eigenvalue weighted by Gasteiger charge is -2.15. The molecule has 17 heavy (non-hydrogen) atoms. The summed E-state index contributed by atoms with van der Waals surface area (Å²) in [5.41, 5.74) is 1.03. The van der Waals surface area contributed by atoms with E-state index in [-0.39, 0.29) is 12.1 Å². The van der Waals surface area contributed by atoms with Crippen molar-refractivity contribution in [2.24, 2.45) is 0 Å². The minimum atomic E-state index is 0.0406. The molecule has 0 saturated carbocycles. The summed E-state index contributed by atoms with van der Waals surface area (Å²) in [5.74, 6) is 0.780. The van der Waals surface area contributed by atoms with E-state index in [1.165, 1.54) is 0 Å². The average molecular weight is 238 g/mol. The molecule has 0 saturated heterocycles. The fraction of sp³-hybridized carbons (Fsp3) is 0.615. The molecule has 0 aliphatic heterocycles. The normalized spacial score (nSPS) is 14.4. The molecule has 0 aliphatic carbocycles. The van der Waals surface area contributed by atoms with E-state index in [0.29, 0.717) is 6.61 Å². The molecule has 1 rings (SSSR count). The van der Waals surface area contributed by atoms with Crippen LogP contribution >= 0.6 is 0 Å². The highest BCUT2D eigenvalue weighted by molar-refractivity contribution is 5.21. The second-order valence-corrected chi connectivity index (χ2v) is 4.08. The van der Waals surface area contributed by atoms with Crippen molar-refractivity contribution < 1.29 is 9.47 Å². The third kappa shape index (κ3) is 4.71. The number of aromatic nitrogens is 1. The van der Waals surface area contributed by atoms with Crippen LogP contribution in [0.4, 0.5) is 0 Å². The summed E-state index contributed by atoms with van der Waals surface area (Å²) in [6.07, 6.45) is 1.80. The molecule has 0 aromatic carbocycles. The topological polar surface area (TPSA) is 43.4 Å². The molecule has 4 nitrogen and oxygen atoms in total. The van der Waals surface area contributed by atoms with Crippen molar-refractivity contribution in [3.8, 4) is 5.75 Å². The zero-order valence-electron chi connectivity index (χ0n) is 11.1. The molecule has 4 heteroatoms. The van der Waals surface area contributed by atoms with Crippen LogP contribution < -0.4 is 10.1 Å². The van der Waals surface area contributed by atoms with E-state index >= 15 is 0 Å². The summed E-state index contributed by atoms with van der Waals surface area (Å²) in [4.78, 5) is 4.38. The monoisotopic (exact) mass is 238 g/mol. The molecule has 1 aromatic rings. The molecule has 1 heterocycles. The van der Waals surface area contributed by atoms with Gasteiger partial charge < -0.3 is 14.8 Å². The van der Waals surface area contributed by atoms with Gasteiger partial charge >= 0.3 is 0 Å². The first kappa shape index (κ1) is 13.9. The summed E-state index contributed by atoms with van der Waals surface area (Å²) in [5, 5.41) is 3.32. The Hall–Kier alpha value is -1.13. The summed E-state index contributed by atoms with van der Waals surface area (Å²) < 4.78 is 10.7. The second-order valence-electron chi connectivity index (χ2n) is 4.08. The Balaban J connectivity index is 2.55. The smallest absolute Gasteiger partial charge is 0.138 e. The molecule has 2 atom stereocenters. The number of hydrogen-bond donors (Lipinski definition) is 1. The molecular formula is C13H22N2O2. The second kappa shape index (κ2) is 7.25. The van der Waals surface area contributed by atoms with Crippen LogP contribution in [-0.4, -0.2) is 31.3 Å². The van der Waals surface area contributed by atoms with E-state index in [4.69, 9.17) is 9.47 Å². The van der Waals surface area contributed by atoms with Crippen molar-refractivity contribution in [2.75, 3.05) is 20.3 Å². The maximum absolute atomic E-state index is 5.64. The van der Waals surface area contributed by atoms with Crippen LogP contribution in [0.15, 0.2) is 18.3 Å². The van der Waals surface area contributed by atoms with Crippen LogP contribution in [0.3, 0.4) is 0 Å².